The first kappa shape index (κ1) is 12.2. The highest BCUT2D eigenvalue weighted by Crippen LogP contribution is 2.01. The third-order valence-corrected chi connectivity index (χ3v) is 4.48. The summed E-state index contributed by atoms with van der Waals surface area (Å²) < 4.78 is 42.5. The second-order valence-corrected chi connectivity index (χ2v) is 6.76. The van der Waals surface area contributed by atoms with Gasteiger partial charge in [0.05, 0.1) is 0 Å². The summed E-state index contributed by atoms with van der Waals surface area (Å²) in [5.74, 6) is 0. The van der Waals surface area contributed by atoms with Gasteiger partial charge in [-0.2, -0.15) is 0 Å². The molecule has 0 aliphatic carbocycles. The number of hydrogen-bond donors (Lipinski definition) is 0. The minimum Gasteiger partial charge on any atom is -0.223 e. The fraction of sp³-hybridized carbons (Fsp3) is 0.500. The topological polar surface area (TPSA) is 68.3 Å². The summed E-state index contributed by atoms with van der Waals surface area (Å²) in [6, 6.07) is 0. The Labute approximate surface area is 81.0 Å². The molecule has 0 aromatic carbocycles. The molecule has 0 saturated heterocycles. The summed E-state index contributed by atoms with van der Waals surface area (Å²) in [7, 11) is -7.23. The first-order valence-electron chi connectivity index (χ1n) is 2.58. The molecule has 0 aromatic heterocycles. The molecule has 8 heteroatoms. The van der Waals surface area contributed by atoms with E-state index in [1.54, 1.807) is 0 Å². The van der Waals surface area contributed by atoms with Crippen LogP contribution < -0.4 is 0 Å². The molecule has 0 radical (unpaired) electrons. The largest absolute Gasteiger partial charge is 0.223 e. The molecule has 0 aliphatic rings. The SMILES string of the molecule is O=S(=O)(/C=C/S(=O)(=O)CCl)CCl. The van der Waals surface area contributed by atoms with E-state index in [0.717, 1.165) is 0 Å². The van der Waals surface area contributed by atoms with Crippen LogP contribution in [0.1, 0.15) is 0 Å². The van der Waals surface area contributed by atoms with Gasteiger partial charge in [0.15, 0.2) is 19.7 Å². The van der Waals surface area contributed by atoms with Crippen LogP contribution in [0.15, 0.2) is 10.8 Å². The average molecular weight is 253 g/mol. The second kappa shape index (κ2) is 4.45. The predicted molar refractivity (Wildman–Crippen MR) is 48.4 cm³/mol. The number of rotatable bonds is 4. The van der Waals surface area contributed by atoms with Crippen molar-refractivity contribution in [3.05, 3.63) is 10.8 Å². The number of halogens is 2. The van der Waals surface area contributed by atoms with E-state index >= 15 is 0 Å². The smallest absolute Gasteiger partial charge is 0.186 e. The van der Waals surface area contributed by atoms with Crippen molar-refractivity contribution >= 4 is 42.9 Å². The minimum absolute atomic E-state index is 0.526. The fourth-order valence-electron chi connectivity index (χ4n) is 0.242. The monoisotopic (exact) mass is 252 g/mol. The lowest BCUT2D eigenvalue weighted by molar-refractivity contribution is 0.604. The van der Waals surface area contributed by atoms with E-state index in [2.05, 4.69) is 0 Å². The third-order valence-electron chi connectivity index (χ3n) is 0.774. The maximum absolute atomic E-state index is 10.6. The Hall–Kier alpha value is 0.220. The Kier molecular flexibility index (Phi) is 4.54. The zero-order valence-electron chi connectivity index (χ0n) is 5.77. The first-order valence-corrected chi connectivity index (χ1v) is 7.08. The van der Waals surface area contributed by atoms with E-state index in [4.69, 9.17) is 23.2 Å². The van der Waals surface area contributed by atoms with Crippen molar-refractivity contribution < 1.29 is 16.8 Å². The van der Waals surface area contributed by atoms with E-state index in [1.165, 1.54) is 0 Å². The number of alkyl halides is 2. The van der Waals surface area contributed by atoms with Crippen LogP contribution >= 0.6 is 23.2 Å². The fourth-order valence-corrected chi connectivity index (χ4v) is 2.18. The predicted octanol–water partition coefficient (Wildman–Crippen LogP) is 0.680. The van der Waals surface area contributed by atoms with Gasteiger partial charge in [-0.15, -0.1) is 23.2 Å². The number of sulfone groups is 2. The molecule has 0 unspecified atom stereocenters. The van der Waals surface area contributed by atoms with Gasteiger partial charge in [0.25, 0.3) is 0 Å². The normalized spacial score (nSPS) is 13.8. The second-order valence-electron chi connectivity index (χ2n) is 1.82. The van der Waals surface area contributed by atoms with Crippen molar-refractivity contribution in [2.75, 3.05) is 10.4 Å². The molecule has 12 heavy (non-hydrogen) atoms. The van der Waals surface area contributed by atoms with Gasteiger partial charge in [-0.25, -0.2) is 16.8 Å². The van der Waals surface area contributed by atoms with Gasteiger partial charge in [0.1, 0.15) is 10.4 Å². The quantitative estimate of drug-likeness (QED) is 0.691. The molecular formula is C4H6Cl2O4S2. The van der Waals surface area contributed by atoms with Gasteiger partial charge in [-0.1, -0.05) is 0 Å². The number of hydrogen-bond acceptors (Lipinski definition) is 4. The Morgan fingerprint density at radius 3 is 1.25 bits per heavy atom. The molecule has 0 amide bonds. The molecule has 0 aromatic rings. The van der Waals surface area contributed by atoms with Crippen LogP contribution in [0.2, 0.25) is 0 Å². The maximum Gasteiger partial charge on any atom is 0.186 e. The molecule has 0 spiro atoms. The highest BCUT2D eigenvalue weighted by atomic mass is 35.5. The van der Waals surface area contributed by atoms with Crippen molar-refractivity contribution in [3.63, 3.8) is 0 Å². The van der Waals surface area contributed by atoms with Gasteiger partial charge < -0.3 is 0 Å². The van der Waals surface area contributed by atoms with Crippen molar-refractivity contribution in [2.24, 2.45) is 0 Å². The Morgan fingerprint density at radius 1 is 0.833 bits per heavy atom. The molecule has 0 atom stereocenters. The molecule has 0 bridgehead atoms. The lowest BCUT2D eigenvalue weighted by Crippen LogP contribution is -2.00. The maximum atomic E-state index is 10.6. The van der Waals surface area contributed by atoms with Gasteiger partial charge >= 0.3 is 0 Å². The molecule has 0 fully saturated rings. The molecule has 0 rings (SSSR count). The highest BCUT2D eigenvalue weighted by molar-refractivity contribution is 7.98. The van der Waals surface area contributed by atoms with E-state index in [0.29, 0.717) is 10.8 Å². The van der Waals surface area contributed by atoms with Crippen molar-refractivity contribution in [1.82, 2.24) is 0 Å². The van der Waals surface area contributed by atoms with E-state index in [1.807, 2.05) is 0 Å². The van der Waals surface area contributed by atoms with E-state index in [9.17, 15) is 16.8 Å². The third kappa shape index (κ3) is 4.97. The molecule has 0 aliphatic heterocycles. The summed E-state index contributed by atoms with van der Waals surface area (Å²) in [5, 5.41) is -0.252. The molecule has 72 valence electrons. The van der Waals surface area contributed by atoms with E-state index in [-0.39, 0.29) is 0 Å². The molecule has 0 heterocycles. The zero-order chi connectivity index (χ0) is 9.83. The van der Waals surface area contributed by atoms with Crippen LogP contribution in [-0.2, 0) is 19.7 Å². The van der Waals surface area contributed by atoms with Crippen LogP contribution in [0.4, 0.5) is 0 Å². The highest BCUT2D eigenvalue weighted by Gasteiger charge is 2.07. The average Bonchev–Trinajstić information content (AvgIpc) is 2.02. The standard InChI is InChI=1S/C4H6Cl2O4S2/c5-3-11(7,8)1-2-12(9,10)4-6/h1-2H,3-4H2/b2-1+. The zero-order valence-corrected chi connectivity index (χ0v) is 8.92. The summed E-state index contributed by atoms with van der Waals surface area (Å²) >= 11 is 10.00. The molecule has 4 nitrogen and oxygen atoms in total. The first-order chi connectivity index (χ1) is 5.33. The van der Waals surface area contributed by atoms with Gasteiger partial charge in [0.2, 0.25) is 0 Å². The van der Waals surface area contributed by atoms with Crippen LogP contribution in [-0.4, -0.2) is 27.3 Å². The van der Waals surface area contributed by atoms with Crippen LogP contribution in [0.3, 0.4) is 0 Å². The van der Waals surface area contributed by atoms with Crippen molar-refractivity contribution in [3.8, 4) is 0 Å². The molecule has 0 N–H and O–H groups in total. The van der Waals surface area contributed by atoms with Gasteiger partial charge in [-0.05, 0) is 0 Å². The molecular weight excluding hydrogens is 247 g/mol. The Balaban J connectivity index is 4.70. The van der Waals surface area contributed by atoms with Crippen molar-refractivity contribution in [1.29, 1.82) is 0 Å². The van der Waals surface area contributed by atoms with Gasteiger partial charge in [0, 0.05) is 10.8 Å². The lowest BCUT2D eigenvalue weighted by Gasteiger charge is -1.90. The lowest BCUT2D eigenvalue weighted by atomic mass is 11.3. The Morgan fingerprint density at radius 2 is 1.08 bits per heavy atom. The summed E-state index contributed by atoms with van der Waals surface area (Å²) in [6.45, 7) is 0. The van der Waals surface area contributed by atoms with Crippen LogP contribution in [0, 0.1) is 0 Å². The Bertz CT molecular complexity index is 317. The minimum atomic E-state index is -3.62. The molecule has 0 saturated carbocycles. The van der Waals surface area contributed by atoms with E-state index < -0.39 is 30.1 Å². The summed E-state index contributed by atoms with van der Waals surface area (Å²) in [6.07, 6.45) is 0. The van der Waals surface area contributed by atoms with Crippen LogP contribution in [0.5, 0.6) is 0 Å². The van der Waals surface area contributed by atoms with Gasteiger partial charge in [-0.3, -0.25) is 0 Å². The summed E-state index contributed by atoms with van der Waals surface area (Å²) in [4.78, 5) is 0. The summed E-state index contributed by atoms with van der Waals surface area (Å²) in [5.41, 5.74) is 0. The van der Waals surface area contributed by atoms with Crippen LogP contribution in [0.25, 0.3) is 0 Å². The van der Waals surface area contributed by atoms with Crippen molar-refractivity contribution in [2.45, 2.75) is 0 Å².